The number of H-pyrrole nitrogens is 1. The monoisotopic (exact) mass is 243 g/mol. The van der Waals surface area contributed by atoms with Gasteiger partial charge in [0.1, 0.15) is 5.69 Å². The molecule has 90 valence electrons. The molecule has 0 amide bonds. The number of aromatic carboxylic acids is 1. The number of carbonyl (C=O) groups is 1. The zero-order valence-corrected chi connectivity index (χ0v) is 9.45. The quantitative estimate of drug-likeness (QED) is 0.701. The smallest absolute Gasteiger partial charge is 0.354 e. The van der Waals surface area contributed by atoms with Crippen molar-refractivity contribution >= 4 is 17.1 Å². The largest absolute Gasteiger partial charge is 0.477 e. The van der Waals surface area contributed by atoms with Crippen molar-refractivity contribution in [1.29, 1.82) is 0 Å². The zero-order valence-electron chi connectivity index (χ0n) is 9.45. The number of fused-ring (bicyclic) bond motifs is 1. The average Bonchev–Trinajstić information content (AvgIpc) is 2.94. The maximum Gasteiger partial charge on any atom is 0.354 e. The van der Waals surface area contributed by atoms with Crippen molar-refractivity contribution in [3.05, 3.63) is 30.4 Å². The molecule has 0 bridgehead atoms. The third-order valence-corrected chi connectivity index (χ3v) is 2.72. The molecule has 0 spiro atoms. The summed E-state index contributed by atoms with van der Waals surface area (Å²) in [6, 6.07) is 3.67. The summed E-state index contributed by atoms with van der Waals surface area (Å²) >= 11 is 0. The van der Waals surface area contributed by atoms with Gasteiger partial charge in [0.15, 0.2) is 17.2 Å². The number of nitrogens with zero attached hydrogens (tertiary/aromatic N) is 4. The Bertz CT molecular complexity index is 743. The van der Waals surface area contributed by atoms with E-state index in [1.165, 1.54) is 6.33 Å². The van der Waals surface area contributed by atoms with Gasteiger partial charge in [-0.3, -0.25) is 0 Å². The fraction of sp³-hybridized carbons (Fsp3) is 0.0909. The van der Waals surface area contributed by atoms with Crippen LogP contribution in [0.3, 0.4) is 0 Å². The molecule has 0 aliphatic rings. The van der Waals surface area contributed by atoms with Crippen molar-refractivity contribution in [2.24, 2.45) is 7.05 Å². The van der Waals surface area contributed by atoms with E-state index in [-0.39, 0.29) is 5.69 Å². The Hall–Kier alpha value is -2.70. The van der Waals surface area contributed by atoms with Gasteiger partial charge in [-0.25, -0.2) is 19.7 Å². The van der Waals surface area contributed by atoms with Gasteiger partial charge in [-0.1, -0.05) is 0 Å². The number of aromatic amines is 1. The molecule has 0 aliphatic carbocycles. The van der Waals surface area contributed by atoms with Crippen LogP contribution < -0.4 is 0 Å². The van der Waals surface area contributed by atoms with E-state index in [1.807, 2.05) is 6.07 Å². The number of carboxylic acid groups (broad SMARTS) is 1. The Morgan fingerprint density at radius 2 is 2.28 bits per heavy atom. The number of rotatable bonds is 2. The first-order chi connectivity index (χ1) is 8.68. The summed E-state index contributed by atoms with van der Waals surface area (Å²) in [5.41, 5.74) is 1.72. The number of imidazole rings is 2. The number of pyridine rings is 1. The minimum Gasteiger partial charge on any atom is -0.477 e. The Morgan fingerprint density at radius 1 is 1.44 bits per heavy atom. The summed E-state index contributed by atoms with van der Waals surface area (Å²) in [5, 5.41) is 9.06. The SMILES string of the molecule is Cn1c(-c2nc[nH]c2C(=O)O)nc2ncccc21. The second kappa shape index (κ2) is 3.66. The molecular formula is C11H9N5O2. The molecule has 0 aliphatic heterocycles. The Balaban J connectivity index is 2.29. The maximum atomic E-state index is 11.1. The fourth-order valence-corrected chi connectivity index (χ4v) is 1.86. The Kier molecular flexibility index (Phi) is 2.12. The van der Waals surface area contributed by atoms with Crippen molar-refractivity contribution in [3.63, 3.8) is 0 Å². The highest BCUT2D eigenvalue weighted by molar-refractivity contribution is 5.92. The van der Waals surface area contributed by atoms with Gasteiger partial charge in [0.2, 0.25) is 0 Å². The van der Waals surface area contributed by atoms with Gasteiger partial charge >= 0.3 is 5.97 Å². The van der Waals surface area contributed by atoms with Crippen LogP contribution in [0.25, 0.3) is 22.7 Å². The number of hydrogen-bond donors (Lipinski definition) is 2. The van der Waals surface area contributed by atoms with Crippen LogP contribution in [0.5, 0.6) is 0 Å². The van der Waals surface area contributed by atoms with E-state index in [4.69, 9.17) is 5.11 Å². The van der Waals surface area contributed by atoms with Crippen LogP contribution in [-0.2, 0) is 7.05 Å². The van der Waals surface area contributed by atoms with Crippen molar-refractivity contribution in [2.45, 2.75) is 0 Å². The van der Waals surface area contributed by atoms with E-state index in [0.29, 0.717) is 17.2 Å². The molecule has 0 saturated heterocycles. The lowest BCUT2D eigenvalue weighted by Crippen LogP contribution is -2.02. The van der Waals surface area contributed by atoms with Crippen LogP contribution in [0.4, 0.5) is 0 Å². The van der Waals surface area contributed by atoms with Crippen molar-refractivity contribution in [2.75, 3.05) is 0 Å². The summed E-state index contributed by atoms with van der Waals surface area (Å²) in [7, 11) is 1.80. The predicted molar refractivity (Wildman–Crippen MR) is 63.1 cm³/mol. The van der Waals surface area contributed by atoms with Gasteiger partial charge in [-0.05, 0) is 12.1 Å². The second-order valence-corrected chi connectivity index (χ2v) is 3.77. The van der Waals surface area contributed by atoms with Gasteiger partial charge in [0.05, 0.1) is 11.8 Å². The molecule has 18 heavy (non-hydrogen) atoms. The molecule has 7 nitrogen and oxygen atoms in total. The maximum absolute atomic E-state index is 11.1. The first-order valence-electron chi connectivity index (χ1n) is 5.23. The zero-order chi connectivity index (χ0) is 12.7. The Labute approximate surface area is 101 Å². The first kappa shape index (κ1) is 10.5. The minimum absolute atomic E-state index is 0.0217. The lowest BCUT2D eigenvalue weighted by molar-refractivity contribution is 0.0692. The fourth-order valence-electron chi connectivity index (χ4n) is 1.86. The van der Waals surface area contributed by atoms with E-state index in [9.17, 15) is 4.79 Å². The third-order valence-electron chi connectivity index (χ3n) is 2.72. The van der Waals surface area contributed by atoms with E-state index >= 15 is 0 Å². The van der Waals surface area contributed by atoms with Gasteiger partial charge in [0, 0.05) is 13.2 Å². The van der Waals surface area contributed by atoms with Crippen LogP contribution in [-0.4, -0.2) is 35.6 Å². The number of carboxylic acids is 1. The predicted octanol–water partition coefficient (Wildman–Crippen LogP) is 1.06. The van der Waals surface area contributed by atoms with Gasteiger partial charge in [-0.15, -0.1) is 0 Å². The summed E-state index contributed by atoms with van der Waals surface area (Å²) in [6.07, 6.45) is 2.98. The second-order valence-electron chi connectivity index (χ2n) is 3.77. The molecule has 0 fully saturated rings. The number of nitrogens with one attached hydrogen (secondary N) is 1. The topological polar surface area (TPSA) is 96.7 Å². The van der Waals surface area contributed by atoms with Crippen LogP contribution >= 0.6 is 0 Å². The van der Waals surface area contributed by atoms with Crippen molar-refractivity contribution < 1.29 is 9.90 Å². The van der Waals surface area contributed by atoms with Gasteiger partial charge in [0.25, 0.3) is 0 Å². The normalized spacial score (nSPS) is 10.9. The highest BCUT2D eigenvalue weighted by Crippen LogP contribution is 2.22. The average molecular weight is 243 g/mol. The van der Waals surface area contributed by atoms with E-state index in [2.05, 4.69) is 19.9 Å². The number of aryl methyl sites for hydroxylation is 1. The van der Waals surface area contributed by atoms with Crippen LogP contribution in [0.1, 0.15) is 10.5 Å². The molecule has 3 aromatic rings. The molecule has 7 heteroatoms. The van der Waals surface area contributed by atoms with Gasteiger partial charge < -0.3 is 14.7 Å². The molecule has 0 radical (unpaired) electrons. The summed E-state index contributed by atoms with van der Waals surface area (Å²) in [6.45, 7) is 0. The first-order valence-corrected chi connectivity index (χ1v) is 5.23. The van der Waals surface area contributed by atoms with Crippen LogP contribution in [0.15, 0.2) is 24.7 Å². The summed E-state index contributed by atoms with van der Waals surface area (Å²) in [4.78, 5) is 26.1. The highest BCUT2D eigenvalue weighted by atomic mass is 16.4. The molecule has 0 unspecified atom stereocenters. The lowest BCUT2D eigenvalue weighted by atomic mass is 10.3. The number of aromatic nitrogens is 5. The third kappa shape index (κ3) is 1.37. The molecule has 3 aromatic heterocycles. The minimum atomic E-state index is -1.07. The number of hydrogen-bond acceptors (Lipinski definition) is 4. The molecule has 3 heterocycles. The van der Waals surface area contributed by atoms with Crippen LogP contribution in [0.2, 0.25) is 0 Å². The van der Waals surface area contributed by atoms with E-state index < -0.39 is 5.97 Å². The summed E-state index contributed by atoms with van der Waals surface area (Å²) < 4.78 is 1.77. The van der Waals surface area contributed by atoms with E-state index in [0.717, 1.165) is 5.52 Å². The lowest BCUT2D eigenvalue weighted by Gasteiger charge is -1.99. The van der Waals surface area contributed by atoms with Gasteiger partial charge in [-0.2, -0.15) is 0 Å². The standard InChI is InChI=1S/C11H9N5O2/c1-16-6-3-2-4-12-9(6)15-10(16)7-8(11(17)18)14-5-13-7/h2-5H,1H3,(H,13,14)(H,17,18). The molecule has 2 N–H and O–H groups in total. The molecule has 3 rings (SSSR count). The Morgan fingerprint density at radius 3 is 3.00 bits per heavy atom. The summed E-state index contributed by atoms with van der Waals surface area (Å²) in [5.74, 6) is -0.593. The molecular weight excluding hydrogens is 234 g/mol. The highest BCUT2D eigenvalue weighted by Gasteiger charge is 2.20. The molecule has 0 aromatic carbocycles. The van der Waals surface area contributed by atoms with Crippen molar-refractivity contribution in [3.8, 4) is 11.5 Å². The van der Waals surface area contributed by atoms with Crippen molar-refractivity contribution in [1.82, 2.24) is 24.5 Å². The van der Waals surface area contributed by atoms with E-state index in [1.54, 1.807) is 23.9 Å². The molecule has 0 atom stereocenters. The van der Waals surface area contributed by atoms with Crippen LogP contribution in [0, 0.1) is 0 Å². The molecule has 0 saturated carbocycles.